The van der Waals surface area contributed by atoms with Crippen LogP contribution in [0.15, 0.2) is 0 Å². The molecule has 0 unspecified atom stereocenters. The highest BCUT2D eigenvalue weighted by Crippen LogP contribution is 2.30. The van der Waals surface area contributed by atoms with Crippen molar-refractivity contribution in [2.24, 2.45) is 0 Å². The maximum atomic E-state index is 11.8. The maximum Gasteiger partial charge on any atom is 0.238 e. The summed E-state index contributed by atoms with van der Waals surface area (Å²) in [5.41, 5.74) is 1.06. The molecule has 0 nitrogen and oxygen atoms in total. The van der Waals surface area contributed by atoms with Crippen molar-refractivity contribution < 1.29 is 8.78 Å². The summed E-state index contributed by atoms with van der Waals surface area (Å²) >= 11 is 0. The lowest BCUT2D eigenvalue weighted by atomic mass is 10.3. The molecule has 0 spiro atoms. The Morgan fingerprint density at radius 1 is 1.15 bits per heavy atom. The van der Waals surface area contributed by atoms with Crippen LogP contribution in [0.25, 0.3) is 0 Å². The fraction of sp³-hybridized carbons (Fsp3) is 1.00. The average molecular weight is 206 g/mol. The predicted molar refractivity (Wildman–Crippen MR) is 55.4 cm³/mol. The first-order valence-corrected chi connectivity index (χ1v) is 7.39. The topological polar surface area (TPSA) is 0 Å². The fourth-order valence-electron chi connectivity index (χ4n) is 2.21. The first kappa shape index (κ1) is 11.2. The van der Waals surface area contributed by atoms with Gasteiger partial charge in [0.05, 0.1) is 0 Å². The van der Waals surface area contributed by atoms with Crippen molar-refractivity contribution in [3.63, 3.8) is 0 Å². The number of unbranched alkanes of at least 4 members (excludes halogenated alkanes) is 1. The Bertz CT molecular complexity index is 122. The molecule has 0 bridgehead atoms. The molecule has 0 aromatic heterocycles. The summed E-state index contributed by atoms with van der Waals surface area (Å²) < 4.78 is 23.5. The molecule has 13 heavy (non-hydrogen) atoms. The van der Waals surface area contributed by atoms with Crippen LogP contribution in [0.1, 0.15) is 44.9 Å². The van der Waals surface area contributed by atoms with Gasteiger partial charge in [-0.3, -0.25) is 0 Å². The second-order valence-corrected chi connectivity index (χ2v) is 6.62. The van der Waals surface area contributed by atoms with Crippen molar-refractivity contribution >= 4 is 9.52 Å². The van der Waals surface area contributed by atoms with E-state index in [1.54, 1.807) is 0 Å². The van der Waals surface area contributed by atoms with Crippen LogP contribution in [0.5, 0.6) is 0 Å². The van der Waals surface area contributed by atoms with E-state index in [1.807, 2.05) is 0 Å². The lowest BCUT2D eigenvalue weighted by Gasteiger charge is -2.06. The Kier molecular flexibility index (Phi) is 5.59. The zero-order chi connectivity index (χ0) is 9.52. The van der Waals surface area contributed by atoms with Crippen molar-refractivity contribution in [2.45, 2.75) is 63.0 Å². The van der Waals surface area contributed by atoms with Crippen LogP contribution in [-0.4, -0.2) is 15.9 Å². The molecule has 1 aliphatic carbocycles. The predicted octanol–water partition coefficient (Wildman–Crippen LogP) is 3.37. The Labute approximate surface area is 81.9 Å². The lowest BCUT2D eigenvalue weighted by Crippen LogP contribution is -1.99. The summed E-state index contributed by atoms with van der Waals surface area (Å²) in [4.78, 5) is 0. The van der Waals surface area contributed by atoms with Gasteiger partial charge in [-0.2, -0.15) is 0 Å². The zero-order valence-electron chi connectivity index (χ0n) is 8.27. The van der Waals surface area contributed by atoms with E-state index in [0.29, 0.717) is 0 Å². The molecule has 0 saturated heterocycles. The third-order valence-corrected chi connectivity index (χ3v) is 5.55. The van der Waals surface area contributed by atoms with Crippen molar-refractivity contribution in [1.82, 2.24) is 0 Å². The average Bonchev–Trinajstić information content (AvgIpc) is 2.55. The minimum atomic E-state index is -2.08. The molecule has 1 saturated carbocycles. The van der Waals surface area contributed by atoms with E-state index in [2.05, 4.69) is 0 Å². The van der Waals surface area contributed by atoms with E-state index >= 15 is 0 Å². The Hall–Kier alpha value is 0.0769. The highest BCUT2D eigenvalue weighted by Gasteiger charge is 2.14. The molecule has 3 heteroatoms. The lowest BCUT2D eigenvalue weighted by molar-refractivity contribution is 0.134. The second kappa shape index (κ2) is 6.52. The minimum Gasteiger partial charge on any atom is -0.211 e. The first-order valence-electron chi connectivity index (χ1n) is 5.57. The third kappa shape index (κ3) is 5.39. The van der Waals surface area contributed by atoms with Gasteiger partial charge in [0.15, 0.2) is 0 Å². The smallest absolute Gasteiger partial charge is 0.211 e. The van der Waals surface area contributed by atoms with Crippen LogP contribution < -0.4 is 0 Å². The normalized spacial score (nSPS) is 19.6. The van der Waals surface area contributed by atoms with E-state index in [-0.39, 0.29) is 15.9 Å². The molecule has 0 amide bonds. The molecule has 0 aromatic carbocycles. The van der Waals surface area contributed by atoms with Gasteiger partial charge in [-0.15, -0.1) is 0 Å². The molecule has 0 aromatic rings. The van der Waals surface area contributed by atoms with E-state index in [9.17, 15) is 8.78 Å². The van der Waals surface area contributed by atoms with Crippen molar-refractivity contribution in [1.29, 1.82) is 0 Å². The highest BCUT2D eigenvalue weighted by atomic mass is 28.2. The molecule has 0 aliphatic heterocycles. The van der Waals surface area contributed by atoms with E-state index in [4.69, 9.17) is 0 Å². The zero-order valence-corrected chi connectivity index (χ0v) is 9.69. The Morgan fingerprint density at radius 3 is 2.46 bits per heavy atom. The minimum absolute atomic E-state index is 0.0980. The van der Waals surface area contributed by atoms with Gasteiger partial charge < -0.3 is 0 Å². The molecular weight excluding hydrogens is 186 g/mol. The molecule has 1 rings (SSSR count). The van der Waals surface area contributed by atoms with Gasteiger partial charge in [0.2, 0.25) is 6.43 Å². The molecule has 1 aliphatic rings. The van der Waals surface area contributed by atoms with E-state index in [1.165, 1.54) is 31.7 Å². The van der Waals surface area contributed by atoms with Gasteiger partial charge >= 0.3 is 0 Å². The van der Waals surface area contributed by atoms with E-state index < -0.39 is 6.43 Å². The molecule has 0 heterocycles. The maximum absolute atomic E-state index is 11.8. The van der Waals surface area contributed by atoms with Gasteiger partial charge in [0.25, 0.3) is 0 Å². The monoisotopic (exact) mass is 206 g/mol. The number of halogens is 2. The summed E-state index contributed by atoms with van der Waals surface area (Å²) in [6.07, 6.45) is 5.60. The molecule has 78 valence electrons. The molecular formula is C10H20F2Si. The standard InChI is InChI=1S/C10H20F2Si/c11-10(12)7-3-4-8-13-9-5-1-2-6-9/h9-10H,1-8,13H2. The number of hydrogen-bond donors (Lipinski definition) is 0. The van der Waals surface area contributed by atoms with Gasteiger partial charge in [-0.05, 0) is 6.42 Å². The van der Waals surface area contributed by atoms with Crippen LogP contribution in [0.4, 0.5) is 8.78 Å². The summed E-state index contributed by atoms with van der Waals surface area (Å²) in [5, 5.41) is 0. The van der Waals surface area contributed by atoms with Gasteiger partial charge in [0, 0.05) is 15.9 Å². The largest absolute Gasteiger partial charge is 0.238 e. The van der Waals surface area contributed by atoms with Crippen LogP contribution in [0.2, 0.25) is 11.6 Å². The second-order valence-electron chi connectivity index (χ2n) is 4.18. The number of hydrogen-bond acceptors (Lipinski definition) is 0. The SMILES string of the molecule is FC(F)CCCC[SiH2]C1CCCC1. The highest BCUT2D eigenvalue weighted by molar-refractivity contribution is 6.37. The van der Waals surface area contributed by atoms with E-state index in [0.717, 1.165) is 18.4 Å². The Balaban J connectivity index is 1.83. The summed E-state index contributed by atoms with van der Waals surface area (Å²) in [5.74, 6) is 0. The molecule has 0 N–H and O–H groups in total. The summed E-state index contributed by atoms with van der Waals surface area (Å²) in [6.45, 7) is 0. The summed E-state index contributed by atoms with van der Waals surface area (Å²) in [7, 11) is 0.0980. The van der Waals surface area contributed by atoms with Crippen LogP contribution in [0.3, 0.4) is 0 Å². The molecule has 0 atom stereocenters. The van der Waals surface area contributed by atoms with Crippen LogP contribution in [0, 0.1) is 0 Å². The van der Waals surface area contributed by atoms with Gasteiger partial charge in [0.1, 0.15) is 0 Å². The van der Waals surface area contributed by atoms with Crippen molar-refractivity contribution in [3.05, 3.63) is 0 Å². The van der Waals surface area contributed by atoms with Crippen molar-refractivity contribution in [3.8, 4) is 0 Å². The summed E-state index contributed by atoms with van der Waals surface area (Å²) in [6, 6.07) is 1.30. The fourth-order valence-corrected chi connectivity index (χ4v) is 4.58. The third-order valence-electron chi connectivity index (χ3n) is 3.01. The van der Waals surface area contributed by atoms with Crippen molar-refractivity contribution in [2.75, 3.05) is 0 Å². The first-order chi connectivity index (χ1) is 6.29. The number of rotatable bonds is 6. The molecule has 1 fully saturated rings. The number of alkyl halides is 2. The van der Waals surface area contributed by atoms with Crippen LogP contribution >= 0.6 is 0 Å². The van der Waals surface area contributed by atoms with Crippen LogP contribution in [-0.2, 0) is 0 Å². The Morgan fingerprint density at radius 2 is 1.85 bits per heavy atom. The molecule has 0 radical (unpaired) electrons. The van der Waals surface area contributed by atoms with Gasteiger partial charge in [-0.1, -0.05) is 43.7 Å². The quantitative estimate of drug-likeness (QED) is 0.462. The van der Waals surface area contributed by atoms with Gasteiger partial charge in [-0.25, -0.2) is 8.78 Å².